The van der Waals surface area contributed by atoms with Gasteiger partial charge in [0.2, 0.25) is 0 Å². The molecule has 0 amide bonds. The Morgan fingerprint density at radius 1 is 1.14 bits per heavy atom. The van der Waals surface area contributed by atoms with Gasteiger partial charge >= 0.3 is 0 Å². The molecule has 3 heteroatoms. The van der Waals surface area contributed by atoms with Crippen molar-refractivity contribution in [1.29, 1.82) is 5.26 Å². The van der Waals surface area contributed by atoms with Crippen LogP contribution in [0.2, 0.25) is 0 Å². The number of ether oxygens (including phenoxy) is 1. The van der Waals surface area contributed by atoms with E-state index in [0.717, 1.165) is 17.0 Å². The second-order valence-corrected chi connectivity index (χ2v) is 5.31. The van der Waals surface area contributed by atoms with Gasteiger partial charge in [0.05, 0.1) is 18.9 Å². The normalized spacial score (nSPS) is 15.0. The Labute approximate surface area is 125 Å². The summed E-state index contributed by atoms with van der Waals surface area (Å²) >= 11 is 0. The first-order valence-electron chi connectivity index (χ1n) is 7.21. The number of nitrogens with one attached hydrogen (secondary N) is 1. The van der Waals surface area contributed by atoms with Gasteiger partial charge in [-0.15, -0.1) is 0 Å². The second-order valence-electron chi connectivity index (χ2n) is 5.31. The number of hydrogen-bond acceptors (Lipinski definition) is 3. The highest BCUT2D eigenvalue weighted by atomic mass is 16.5. The molecule has 21 heavy (non-hydrogen) atoms. The molecule has 3 nitrogen and oxygen atoms in total. The highest BCUT2D eigenvalue weighted by molar-refractivity contribution is 5.59. The van der Waals surface area contributed by atoms with Crippen molar-refractivity contribution in [1.82, 2.24) is 0 Å². The zero-order valence-corrected chi connectivity index (χ0v) is 12.0. The van der Waals surface area contributed by atoms with E-state index in [1.165, 1.54) is 18.4 Å². The summed E-state index contributed by atoms with van der Waals surface area (Å²) in [4.78, 5) is 0. The van der Waals surface area contributed by atoms with Gasteiger partial charge in [-0.05, 0) is 42.0 Å². The van der Waals surface area contributed by atoms with E-state index in [-0.39, 0.29) is 6.04 Å². The highest BCUT2D eigenvalue weighted by Gasteiger charge is 2.28. The molecule has 1 fully saturated rings. The molecule has 2 aromatic carbocycles. The number of anilines is 1. The lowest BCUT2D eigenvalue weighted by atomic mass is 9.97. The predicted molar refractivity (Wildman–Crippen MR) is 83.4 cm³/mol. The van der Waals surface area contributed by atoms with Crippen LogP contribution in [0, 0.1) is 11.3 Å². The van der Waals surface area contributed by atoms with Gasteiger partial charge in [0.25, 0.3) is 0 Å². The molecule has 1 aliphatic carbocycles. The fraction of sp³-hybridized carbons (Fsp3) is 0.278. The molecule has 0 aromatic heterocycles. The SMILES string of the molecule is COc1ccccc1NC(C#N)c1ccccc1C1CC1. The molecule has 1 unspecified atom stereocenters. The Bertz CT molecular complexity index is 671. The average Bonchev–Trinajstić information content (AvgIpc) is 3.38. The van der Waals surface area contributed by atoms with Gasteiger partial charge in [0.15, 0.2) is 0 Å². The van der Waals surface area contributed by atoms with E-state index in [2.05, 4.69) is 23.5 Å². The van der Waals surface area contributed by atoms with Crippen LogP contribution in [0.5, 0.6) is 5.75 Å². The molecule has 0 aliphatic heterocycles. The van der Waals surface area contributed by atoms with E-state index in [9.17, 15) is 5.26 Å². The number of benzene rings is 2. The van der Waals surface area contributed by atoms with Gasteiger partial charge < -0.3 is 10.1 Å². The van der Waals surface area contributed by atoms with E-state index >= 15 is 0 Å². The van der Waals surface area contributed by atoms with E-state index in [4.69, 9.17) is 4.74 Å². The molecule has 0 heterocycles. The Balaban J connectivity index is 1.91. The van der Waals surface area contributed by atoms with Crippen LogP contribution in [0.15, 0.2) is 48.5 Å². The van der Waals surface area contributed by atoms with Crippen LogP contribution in [0.25, 0.3) is 0 Å². The van der Waals surface area contributed by atoms with Crippen molar-refractivity contribution in [3.8, 4) is 11.8 Å². The maximum absolute atomic E-state index is 9.58. The summed E-state index contributed by atoms with van der Waals surface area (Å²) in [6.07, 6.45) is 2.45. The smallest absolute Gasteiger partial charge is 0.141 e. The molecule has 1 aliphatic rings. The maximum Gasteiger partial charge on any atom is 0.141 e. The summed E-state index contributed by atoms with van der Waals surface area (Å²) in [7, 11) is 1.64. The molecule has 2 aromatic rings. The minimum absolute atomic E-state index is 0.363. The van der Waals surface area contributed by atoms with Gasteiger partial charge in [-0.3, -0.25) is 0 Å². The molecule has 0 spiro atoms. The number of methoxy groups -OCH3 is 1. The van der Waals surface area contributed by atoms with Gasteiger partial charge in [0, 0.05) is 0 Å². The number of para-hydroxylation sites is 2. The summed E-state index contributed by atoms with van der Waals surface area (Å²) in [5.74, 6) is 1.37. The Morgan fingerprint density at radius 3 is 2.57 bits per heavy atom. The van der Waals surface area contributed by atoms with E-state index in [0.29, 0.717) is 5.92 Å². The fourth-order valence-electron chi connectivity index (χ4n) is 2.64. The van der Waals surface area contributed by atoms with Crippen LogP contribution in [0.1, 0.15) is 35.9 Å². The number of hydrogen-bond donors (Lipinski definition) is 1. The first-order chi connectivity index (χ1) is 10.3. The quantitative estimate of drug-likeness (QED) is 0.889. The van der Waals surface area contributed by atoms with Crippen LogP contribution in [0.3, 0.4) is 0 Å². The lowest BCUT2D eigenvalue weighted by molar-refractivity contribution is 0.416. The summed E-state index contributed by atoms with van der Waals surface area (Å²) < 4.78 is 5.34. The molecule has 1 N–H and O–H groups in total. The van der Waals surface area contributed by atoms with Crippen LogP contribution < -0.4 is 10.1 Å². The minimum Gasteiger partial charge on any atom is -0.495 e. The molecule has 1 saturated carbocycles. The molecule has 0 saturated heterocycles. The molecule has 0 radical (unpaired) electrons. The largest absolute Gasteiger partial charge is 0.495 e. The van der Waals surface area contributed by atoms with Crippen LogP contribution in [0.4, 0.5) is 5.69 Å². The second kappa shape index (κ2) is 5.88. The summed E-state index contributed by atoms with van der Waals surface area (Å²) in [6, 6.07) is 17.9. The number of rotatable bonds is 5. The average molecular weight is 278 g/mol. The molecular formula is C18H18N2O. The van der Waals surface area contributed by atoms with Crippen molar-refractivity contribution in [2.24, 2.45) is 0 Å². The molecule has 1 atom stereocenters. The standard InChI is InChI=1S/C18H18N2O/c1-21-18-9-5-4-8-16(18)20-17(12-19)15-7-3-2-6-14(15)13-10-11-13/h2-9,13,17,20H,10-11H2,1H3. The zero-order valence-electron chi connectivity index (χ0n) is 12.0. The highest BCUT2D eigenvalue weighted by Crippen LogP contribution is 2.43. The fourth-order valence-corrected chi connectivity index (χ4v) is 2.64. The van der Waals surface area contributed by atoms with E-state index < -0.39 is 0 Å². The third-order valence-electron chi connectivity index (χ3n) is 3.86. The van der Waals surface area contributed by atoms with Gasteiger partial charge in [-0.1, -0.05) is 36.4 Å². The van der Waals surface area contributed by atoms with Crippen molar-refractivity contribution in [2.45, 2.75) is 24.8 Å². The van der Waals surface area contributed by atoms with Gasteiger partial charge in [-0.2, -0.15) is 5.26 Å². The lowest BCUT2D eigenvalue weighted by Gasteiger charge is -2.18. The Morgan fingerprint density at radius 2 is 1.86 bits per heavy atom. The summed E-state index contributed by atoms with van der Waals surface area (Å²) in [5.41, 5.74) is 3.22. The summed E-state index contributed by atoms with van der Waals surface area (Å²) in [6.45, 7) is 0. The van der Waals surface area contributed by atoms with E-state index in [1.807, 2.05) is 36.4 Å². The van der Waals surface area contributed by atoms with Crippen LogP contribution in [-0.4, -0.2) is 7.11 Å². The monoisotopic (exact) mass is 278 g/mol. The number of nitrogens with zero attached hydrogens (tertiary/aromatic N) is 1. The Hall–Kier alpha value is -2.47. The minimum atomic E-state index is -0.363. The van der Waals surface area contributed by atoms with Gasteiger partial charge in [-0.25, -0.2) is 0 Å². The van der Waals surface area contributed by atoms with Crippen molar-refractivity contribution in [2.75, 3.05) is 12.4 Å². The molecule has 0 bridgehead atoms. The third-order valence-corrected chi connectivity index (χ3v) is 3.86. The lowest BCUT2D eigenvalue weighted by Crippen LogP contribution is -2.11. The first-order valence-corrected chi connectivity index (χ1v) is 7.21. The number of nitriles is 1. The summed E-state index contributed by atoms with van der Waals surface area (Å²) in [5, 5.41) is 12.9. The first kappa shape index (κ1) is 13.5. The van der Waals surface area contributed by atoms with Gasteiger partial charge in [0.1, 0.15) is 11.8 Å². The molecule has 3 rings (SSSR count). The molecular weight excluding hydrogens is 260 g/mol. The van der Waals surface area contributed by atoms with Crippen LogP contribution in [-0.2, 0) is 0 Å². The van der Waals surface area contributed by atoms with Crippen molar-refractivity contribution >= 4 is 5.69 Å². The maximum atomic E-state index is 9.58. The zero-order chi connectivity index (χ0) is 14.7. The third kappa shape index (κ3) is 2.85. The van der Waals surface area contributed by atoms with E-state index in [1.54, 1.807) is 7.11 Å². The van der Waals surface area contributed by atoms with Crippen molar-refractivity contribution in [3.63, 3.8) is 0 Å². The topological polar surface area (TPSA) is 45.0 Å². The molecule has 106 valence electrons. The van der Waals surface area contributed by atoms with Crippen molar-refractivity contribution in [3.05, 3.63) is 59.7 Å². The van der Waals surface area contributed by atoms with Crippen LogP contribution >= 0.6 is 0 Å². The van der Waals surface area contributed by atoms with Crippen molar-refractivity contribution < 1.29 is 4.74 Å². The predicted octanol–water partition coefficient (Wildman–Crippen LogP) is 4.25. The Kier molecular flexibility index (Phi) is 3.79.